The largest absolute Gasteiger partial charge is 0.344 e. The zero-order valence-electron chi connectivity index (χ0n) is 15.1. The van der Waals surface area contributed by atoms with Crippen LogP contribution in [-0.2, 0) is 4.79 Å². The van der Waals surface area contributed by atoms with Crippen LogP contribution < -0.4 is 10.6 Å². The molecule has 1 aromatic carbocycles. The summed E-state index contributed by atoms with van der Waals surface area (Å²) in [6.45, 7) is 6.06. The van der Waals surface area contributed by atoms with E-state index >= 15 is 0 Å². The van der Waals surface area contributed by atoms with Gasteiger partial charge in [0.25, 0.3) is 0 Å². The lowest BCUT2D eigenvalue weighted by Crippen LogP contribution is -2.49. The van der Waals surface area contributed by atoms with Gasteiger partial charge in [0.05, 0.1) is 11.7 Å². The lowest BCUT2D eigenvalue weighted by Gasteiger charge is -2.22. The summed E-state index contributed by atoms with van der Waals surface area (Å²) < 4.78 is 1.76. The number of nitrogens with zero attached hydrogens (tertiary/aromatic N) is 3. The molecule has 7 nitrogen and oxygen atoms in total. The van der Waals surface area contributed by atoms with Crippen molar-refractivity contribution < 1.29 is 9.59 Å². The second-order valence-electron chi connectivity index (χ2n) is 5.96. The quantitative estimate of drug-likeness (QED) is 0.843. The van der Waals surface area contributed by atoms with Crippen molar-refractivity contribution in [1.82, 2.24) is 25.3 Å². The van der Waals surface area contributed by atoms with Crippen molar-refractivity contribution in [1.29, 1.82) is 0 Å². The van der Waals surface area contributed by atoms with Gasteiger partial charge in [-0.2, -0.15) is 5.10 Å². The standard InChI is InChI=1S/C18H25N5O2/c1-5-22(4)17(24)14(3)21-18(25)20-13(2)15-8-6-9-16(12-15)23-11-7-10-19-23/h6-14H,5H2,1-4H3,(H2,20,21,25)/t13-,14-/m0/s1. The third kappa shape index (κ3) is 4.82. The number of carbonyl (C=O) groups is 2. The van der Waals surface area contributed by atoms with Crippen LogP contribution in [0.4, 0.5) is 4.79 Å². The number of amides is 3. The molecule has 0 saturated carbocycles. The molecule has 0 aliphatic carbocycles. The van der Waals surface area contributed by atoms with Gasteiger partial charge >= 0.3 is 6.03 Å². The molecule has 3 amide bonds. The van der Waals surface area contributed by atoms with Crippen molar-refractivity contribution in [2.45, 2.75) is 32.9 Å². The smallest absolute Gasteiger partial charge is 0.315 e. The molecule has 0 saturated heterocycles. The van der Waals surface area contributed by atoms with Crippen LogP contribution in [0.25, 0.3) is 5.69 Å². The molecule has 2 aromatic rings. The highest BCUT2D eigenvalue weighted by molar-refractivity contribution is 5.86. The number of likely N-dealkylation sites (N-methyl/N-ethyl adjacent to an activating group) is 1. The molecule has 2 N–H and O–H groups in total. The summed E-state index contributed by atoms with van der Waals surface area (Å²) in [6.07, 6.45) is 3.58. The molecule has 134 valence electrons. The molecule has 25 heavy (non-hydrogen) atoms. The number of urea groups is 1. The Bertz CT molecular complexity index is 714. The van der Waals surface area contributed by atoms with E-state index in [1.807, 2.05) is 50.4 Å². The molecule has 1 heterocycles. The lowest BCUT2D eigenvalue weighted by molar-refractivity contribution is -0.131. The van der Waals surface area contributed by atoms with E-state index in [0.717, 1.165) is 11.3 Å². The molecule has 0 radical (unpaired) electrons. The highest BCUT2D eigenvalue weighted by Crippen LogP contribution is 2.16. The van der Waals surface area contributed by atoms with Gasteiger partial charge in [0.2, 0.25) is 5.91 Å². The van der Waals surface area contributed by atoms with Crippen LogP contribution in [-0.4, -0.2) is 46.3 Å². The first-order valence-corrected chi connectivity index (χ1v) is 8.34. The van der Waals surface area contributed by atoms with Crippen LogP contribution in [0.3, 0.4) is 0 Å². The third-order valence-corrected chi connectivity index (χ3v) is 4.06. The Morgan fingerprint density at radius 1 is 1.24 bits per heavy atom. The third-order valence-electron chi connectivity index (χ3n) is 4.06. The average Bonchev–Trinajstić information content (AvgIpc) is 3.14. The van der Waals surface area contributed by atoms with Gasteiger partial charge in [0.15, 0.2) is 0 Å². The van der Waals surface area contributed by atoms with E-state index in [1.165, 1.54) is 0 Å². The van der Waals surface area contributed by atoms with Gasteiger partial charge in [0, 0.05) is 26.0 Å². The Morgan fingerprint density at radius 2 is 2.00 bits per heavy atom. The number of carbonyl (C=O) groups excluding carboxylic acids is 2. The highest BCUT2D eigenvalue weighted by atomic mass is 16.2. The zero-order valence-corrected chi connectivity index (χ0v) is 15.1. The molecule has 0 fully saturated rings. The number of hydrogen-bond donors (Lipinski definition) is 2. The zero-order chi connectivity index (χ0) is 18.4. The van der Waals surface area contributed by atoms with Crippen molar-refractivity contribution in [3.63, 3.8) is 0 Å². The number of rotatable bonds is 6. The Labute approximate surface area is 148 Å². The van der Waals surface area contributed by atoms with E-state index in [-0.39, 0.29) is 18.0 Å². The second kappa shape index (κ2) is 8.32. The maximum Gasteiger partial charge on any atom is 0.315 e. The lowest BCUT2D eigenvalue weighted by atomic mass is 10.1. The molecule has 0 aliphatic heterocycles. The van der Waals surface area contributed by atoms with E-state index in [2.05, 4.69) is 15.7 Å². The van der Waals surface area contributed by atoms with Crippen LogP contribution in [0.15, 0.2) is 42.7 Å². The normalized spacial score (nSPS) is 13.0. The maximum atomic E-state index is 12.2. The minimum Gasteiger partial charge on any atom is -0.344 e. The monoisotopic (exact) mass is 343 g/mol. The van der Waals surface area contributed by atoms with Crippen molar-refractivity contribution in [3.8, 4) is 5.69 Å². The van der Waals surface area contributed by atoms with Gasteiger partial charge in [-0.25, -0.2) is 9.48 Å². The van der Waals surface area contributed by atoms with E-state index in [4.69, 9.17) is 0 Å². The van der Waals surface area contributed by atoms with Crippen molar-refractivity contribution in [2.24, 2.45) is 0 Å². The van der Waals surface area contributed by atoms with Crippen LogP contribution in [0, 0.1) is 0 Å². The molecule has 0 spiro atoms. The Kier molecular flexibility index (Phi) is 6.16. The summed E-state index contributed by atoms with van der Waals surface area (Å²) in [5.41, 5.74) is 1.87. The minimum absolute atomic E-state index is 0.119. The van der Waals surface area contributed by atoms with Gasteiger partial charge in [-0.05, 0) is 44.5 Å². The number of hydrogen-bond acceptors (Lipinski definition) is 3. The summed E-state index contributed by atoms with van der Waals surface area (Å²) in [5.74, 6) is -0.119. The summed E-state index contributed by atoms with van der Waals surface area (Å²) in [5, 5.41) is 9.75. The fraction of sp³-hybridized carbons (Fsp3) is 0.389. The first kappa shape index (κ1) is 18.5. The van der Waals surface area contributed by atoms with Crippen LogP contribution in [0.1, 0.15) is 32.4 Å². The van der Waals surface area contributed by atoms with Crippen LogP contribution in [0.2, 0.25) is 0 Å². The van der Waals surface area contributed by atoms with Gasteiger partial charge in [-0.15, -0.1) is 0 Å². The summed E-state index contributed by atoms with van der Waals surface area (Å²) >= 11 is 0. The van der Waals surface area contributed by atoms with Crippen LogP contribution in [0.5, 0.6) is 0 Å². The SMILES string of the molecule is CCN(C)C(=O)[C@H](C)NC(=O)N[C@@H](C)c1cccc(-n2cccn2)c1. The van der Waals surface area contributed by atoms with Gasteiger partial charge in [0.1, 0.15) is 6.04 Å². The molecule has 0 unspecified atom stereocenters. The number of nitrogens with one attached hydrogen (secondary N) is 2. The number of benzene rings is 1. The molecule has 2 rings (SSSR count). The Balaban J connectivity index is 1.97. The van der Waals surface area contributed by atoms with E-state index < -0.39 is 6.04 Å². The fourth-order valence-electron chi connectivity index (χ4n) is 2.42. The minimum atomic E-state index is -0.576. The Hall–Kier alpha value is -2.83. The molecule has 0 aliphatic rings. The van der Waals surface area contributed by atoms with Crippen LogP contribution >= 0.6 is 0 Å². The average molecular weight is 343 g/mol. The topological polar surface area (TPSA) is 79.3 Å². The van der Waals surface area contributed by atoms with Gasteiger partial charge in [-0.3, -0.25) is 4.79 Å². The highest BCUT2D eigenvalue weighted by Gasteiger charge is 2.19. The van der Waals surface area contributed by atoms with Gasteiger partial charge < -0.3 is 15.5 Å². The summed E-state index contributed by atoms with van der Waals surface area (Å²) in [6, 6.07) is 8.48. The first-order chi connectivity index (χ1) is 11.9. The summed E-state index contributed by atoms with van der Waals surface area (Å²) in [4.78, 5) is 25.7. The Morgan fingerprint density at radius 3 is 2.64 bits per heavy atom. The molecule has 0 bridgehead atoms. The van der Waals surface area contributed by atoms with Gasteiger partial charge in [-0.1, -0.05) is 12.1 Å². The molecule has 1 aromatic heterocycles. The predicted octanol–water partition coefficient (Wildman–Crippen LogP) is 2.10. The molecular weight excluding hydrogens is 318 g/mol. The predicted molar refractivity (Wildman–Crippen MR) is 96.4 cm³/mol. The fourth-order valence-corrected chi connectivity index (χ4v) is 2.42. The molecule has 7 heteroatoms. The summed E-state index contributed by atoms with van der Waals surface area (Å²) in [7, 11) is 1.71. The van der Waals surface area contributed by atoms with Crippen molar-refractivity contribution >= 4 is 11.9 Å². The first-order valence-electron chi connectivity index (χ1n) is 8.34. The molecular formula is C18H25N5O2. The van der Waals surface area contributed by atoms with E-state index in [1.54, 1.807) is 29.7 Å². The maximum absolute atomic E-state index is 12.2. The van der Waals surface area contributed by atoms with E-state index in [9.17, 15) is 9.59 Å². The number of aromatic nitrogens is 2. The second-order valence-corrected chi connectivity index (χ2v) is 5.96. The van der Waals surface area contributed by atoms with Crippen molar-refractivity contribution in [3.05, 3.63) is 48.3 Å². The molecule has 2 atom stereocenters. The van der Waals surface area contributed by atoms with E-state index in [0.29, 0.717) is 6.54 Å². The van der Waals surface area contributed by atoms with Crippen molar-refractivity contribution in [2.75, 3.05) is 13.6 Å².